The molecule has 1 saturated heterocycles. The molecule has 1 atom stereocenters. The molecule has 0 aromatic carbocycles. The molecule has 0 radical (unpaired) electrons. The first-order valence-corrected chi connectivity index (χ1v) is 7.19. The first kappa shape index (κ1) is 12.3. The Balaban J connectivity index is 1.84. The Morgan fingerprint density at radius 3 is 3.05 bits per heavy atom. The highest BCUT2D eigenvalue weighted by atomic mass is 16.1. The van der Waals surface area contributed by atoms with E-state index in [9.17, 15) is 4.79 Å². The molecule has 0 N–H and O–H groups in total. The van der Waals surface area contributed by atoms with Crippen LogP contribution in [0.3, 0.4) is 0 Å². The van der Waals surface area contributed by atoms with Crippen LogP contribution in [-0.2, 0) is 4.79 Å². The molecule has 4 heterocycles. The Bertz CT molecular complexity index is 715. The normalized spacial score (nSPS) is 19.6. The highest BCUT2D eigenvalue weighted by Crippen LogP contribution is 2.39. The number of amides is 1. The maximum atomic E-state index is 11.5. The molecule has 1 amide bonds. The molecule has 1 fully saturated rings. The molecular weight excluding hydrogens is 264 g/mol. The highest BCUT2D eigenvalue weighted by Gasteiger charge is 2.36. The number of carbonyl (C=O) groups excluding carboxylic acids is 1. The van der Waals surface area contributed by atoms with Crippen LogP contribution in [0.15, 0.2) is 30.5 Å². The van der Waals surface area contributed by atoms with Gasteiger partial charge in [-0.1, -0.05) is 0 Å². The van der Waals surface area contributed by atoms with E-state index < -0.39 is 0 Å². The van der Waals surface area contributed by atoms with Gasteiger partial charge in [0.25, 0.3) is 0 Å². The van der Waals surface area contributed by atoms with Gasteiger partial charge in [-0.05, 0) is 37.6 Å². The zero-order valence-corrected chi connectivity index (χ0v) is 11.9. The fourth-order valence-electron chi connectivity index (χ4n) is 3.24. The van der Waals surface area contributed by atoms with Crippen molar-refractivity contribution in [2.75, 3.05) is 22.9 Å². The quantitative estimate of drug-likeness (QED) is 0.790. The van der Waals surface area contributed by atoms with E-state index in [1.807, 2.05) is 25.1 Å². The molecule has 106 valence electrons. The summed E-state index contributed by atoms with van der Waals surface area (Å²) in [4.78, 5) is 24.5. The van der Waals surface area contributed by atoms with E-state index in [-0.39, 0.29) is 6.04 Å². The summed E-state index contributed by atoms with van der Waals surface area (Å²) in [6, 6.07) is 8.32. The van der Waals surface area contributed by atoms with Crippen LogP contribution in [0.1, 0.15) is 12.1 Å². The minimum absolute atomic E-state index is 0.261. The smallest absolute Gasteiger partial charge is 0.215 e. The lowest BCUT2D eigenvalue weighted by molar-refractivity contribution is -0.107. The molecule has 5 nitrogen and oxygen atoms in total. The molecule has 2 aliphatic rings. The van der Waals surface area contributed by atoms with Crippen molar-refractivity contribution in [3.05, 3.63) is 36.2 Å². The van der Waals surface area contributed by atoms with Gasteiger partial charge in [0.15, 0.2) is 5.82 Å². The second-order valence-electron chi connectivity index (χ2n) is 5.63. The molecule has 4 rings (SSSR count). The van der Waals surface area contributed by atoms with Crippen molar-refractivity contribution in [3.63, 3.8) is 0 Å². The zero-order chi connectivity index (χ0) is 14.4. The van der Waals surface area contributed by atoms with E-state index in [1.165, 1.54) is 0 Å². The minimum atomic E-state index is 0.261. The van der Waals surface area contributed by atoms with Crippen LogP contribution >= 0.6 is 0 Å². The van der Waals surface area contributed by atoms with Crippen LogP contribution in [0.2, 0.25) is 0 Å². The second kappa shape index (κ2) is 4.55. The predicted octanol–water partition coefficient (Wildman–Crippen LogP) is 2.01. The standard InChI is InChI=1S/C16H16N4O/c1-11-8-12(4-6-17-11)14-2-3-15-16(18-14)20(10-21)13-5-7-19(15)9-13/h2-4,6,8,10,13H,5,7,9H2,1H3/t13-/m0/s1. The van der Waals surface area contributed by atoms with E-state index in [2.05, 4.69) is 16.0 Å². The van der Waals surface area contributed by atoms with Crippen LogP contribution in [0.25, 0.3) is 11.3 Å². The third-order valence-electron chi connectivity index (χ3n) is 4.30. The maximum absolute atomic E-state index is 11.5. The number of hydrogen-bond acceptors (Lipinski definition) is 4. The number of rotatable bonds is 2. The lowest BCUT2D eigenvalue weighted by Gasteiger charge is -2.33. The third kappa shape index (κ3) is 1.88. The van der Waals surface area contributed by atoms with Gasteiger partial charge in [-0.3, -0.25) is 14.7 Å². The molecule has 0 spiro atoms. The molecule has 0 saturated carbocycles. The van der Waals surface area contributed by atoms with Gasteiger partial charge in [0.2, 0.25) is 6.41 Å². The van der Waals surface area contributed by atoms with Gasteiger partial charge in [-0.25, -0.2) is 4.98 Å². The van der Waals surface area contributed by atoms with E-state index in [1.54, 1.807) is 11.1 Å². The van der Waals surface area contributed by atoms with E-state index in [0.29, 0.717) is 0 Å². The van der Waals surface area contributed by atoms with E-state index in [4.69, 9.17) is 4.98 Å². The van der Waals surface area contributed by atoms with E-state index in [0.717, 1.165) is 54.4 Å². The lowest BCUT2D eigenvalue weighted by atomic mass is 10.1. The molecule has 2 aromatic heterocycles. The van der Waals surface area contributed by atoms with Crippen molar-refractivity contribution in [1.82, 2.24) is 9.97 Å². The summed E-state index contributed by atoms with van der Waals surface area (Å²) in [7, 11) is 0. The zero-order valence-electron chi connectivity index (χ0n) is 11.9. The summed E-state index contributed by atoms with van der Waals surface area (Å²) in [5.74, 6) is 0.783. The lowest BCUT2D eigenvalue weighted by Crippen LogP contribution is -2.41. The topological polar surface area (TPSA) is 49.3 Å². The van der Waals surface area contributed by atoms with Crippen LogP contribution in [0, 0.1) is 6.92 Å². The van der Waals surface area contributed by atoms with Crippen molar-refractivity contribution in [2.45, 2.75) is 19.4 Å². The van der Waals surface area contributed by atoms with Gasteiger partial charge in [-0.15, -0.1) is 0 Å². The molecule has 0 aliphatic carbocycles. The van der Waals surface area contributed by atoms with Gasteiger partial charge in [0.1, 0.15) is 0 Å². The Morgan fingerprint density at radius 1 is 1.33 bits per heavy atom. The van der Waals surface area contributed by atoms with Crippen molar-refractivity contribution >= 4 is 17.9 Å². The van der Waals surface area contributed by atoms with Gasteiger partial charge < -0.3 is 4.90 Å². The molecule has 2 bridgehead atoms. The first-order valence-electron chi connectivity index (χ1n) is 7.19. The van der Waals surface area contributed by atoms with Crippen LogP contribution in [-0.4, -0.2) is 35.5 Å². The van der Waals surface area contributed by atoms with Crippen molar-refractivity contribution in [1.29, 1.82) is 0 Å². The van der Waals surface area contributed by atoms with Crippen molar-refractivity contribution in [3.8, 4) is 11.3 Å². The number of carbonyl (C=O) groups is 1. The monoisotopic (exact) mass is 280 g/mol. The Kier molecular flexibility index (Phi) is 2.67. The summed E-state index contributed by atoms with van der Waals surface area (Å²) in [5.41, 5.74) is 3.94. The average molecular weight is 280 g/mol. The SMILES string of the molecule is Cc1cc(-c2ccc3c(n2)N(C=O)[C@H]2CCN3C2)ccn1. The molecule has 5 heteroatoms. The van der Waals surface area contributed by atoms with Crippen LogP contribution in [0.5, 0.6) is 0 Å². The number of anilines is 2. The Morgan fingerprint density at radius 2 is 2.24 bits per heavy atom. The molecule has 0 unspecified atom stereocenters. The third-order valence-corrected chi connectivity index (χ3v) is 4.30. The van der Waals surface area contributed by atoms with Gasteiger partial charge in [-0.2, -0.15) is 0 Å². The first-order chi connectivity index (χ1) is 10.3. The summed E-state index contributed by atoms with van der Waals surface area (Å²) in [5, 5.41) is 0. The Labute approximate surface area is 123 Å². The average Bonchev–Trinajstić information content (AvgIpc) is 2.92. The number of pyridine rings is 2. The van der Waals surface area contributed by atoms with Gasteiger partial charge >= 0.3 is 0 Å². The molecule has 21 heavy (non-hydrogen) atoms. The van der Waals surface area contributed by atoms with Crippen LogP contribution < -0.4 is 9.80 Å². The summed E-state index contributed by atoms with van der Waals surface area (Å²) < 4.78 is 0. The minimum Gasteiger partial charge on any atom is -0.366 e. The largest absolute Gasteiger partial charge is 0.366 e. The number of hydrogen-bond donors (Lipinski definition) is 0. The summed E-state index contributed by atoms with van der Waals surface area (Å²) >= 11 is 0. The molecule has 2 aromatic rings. The fraction of sp³-hybridized carbons (Fsp3) is 0.312. The molecular formula is C16H16N4O. The second-order valence-corrected chi connectivity index (χ2v) is 5.63. The van der Waals surface area contributed by atoms with Crippen LogP contribution in [0.4, 0.5) is 11.5 Å². The van der Waals surface area contributed by atoms with Crippen molar-refractivity contribution < 1.29 is 4.79 Å². The number of fused-ring (bicyclic) bond motifs is 4. The van der Waals surface area contributed by atoms with E-state index >= 15 is 0 Å². The number of nitrogens with zero attached hydrogens (tertiary/aromatic N) is 4. The summed E-state index contributed by atoms with van der Waals surface area (Å²) in [6.07, 6.45) is 3.72. The number of aryl methyl sites for hydroxylation is 1. The van der Waals surface area contributed by atoms with Crippen molar-refractivity contribution in [2.24, 2.45) is 0 Å². The predicted molar refractivity (Wildman–Crippen MR) is 81.4 cm³/mol. The fourth-order valence-corrected chi connectivity index (χ4v) is 3.24. The van der Waals surface area contributed by atoms with Gasteiger partial charge in [0, 0.05) is 30.5 Å². The van der Waals surface area contributed by atoms with Gasteiger partial charge in [0.05, 0.1) is 17.4 Å². The maximum Gasteiger partial charge on any atom is 0.215 e. The number of aromatic nitrogens is 2. The summed E-state index contributed by atoms with van der Waals surface area (Å²) in [6.45, 7) is 3.88. The Hall–Kier alpha value is -2.43. The highest BCUT2D eigenvalue weighted by molar-refractivity contribution is 5.86. The molecule has 2 aliphatic heterocycles.